The first-order chi connectivity index (χ1) is 14.1. The molecule has 4 aromatic rings. The Bertz CT molecular complexity index is 1250. The third-order valence-corrected chi connectivity index (χ3v) is 4.27. The summed E-state index contributed by atoms with van der Waals surface area (Å²) in [5.74, 6) is -0.529. The number of carbonyl (C=O) groups excluding carboxylic acids is 1. The number of rotatable bonds is 5. The number of nitrogens with one attached hydrogen (secondary N) is 1. The van der Waals surface area contributed by atoms with Gasteiger partial charge < -0.3 is 14.5 Å². The Morgan fingerprint density at radius 2 is 1.79 bits per heavy atom. The van der Waals surface area contributed by atoms with E-state index in [2.05, 4.69) is 5.32 Å². The van der Waals surface area contributed by atoms with Gasteiger partial charge in [0.2, 0.25) is 0 Å². The second-order valence-electron chi connectivity index (χ2n) is 6.39. The van der Waals surface area contributed by atoms with E-state index in [0.29, 0.717) is 22.4 Å². The van der Waals surface area contributed by atoms with Crippen LogP contribution in [0.25, 0.3) is 11.0 Å². The first-order valence-electron chi connectivity index (χ1n) is 8.90. The van der Waals surface area contributed by atoms with Gasteiger partial charge in [-0.05, 0) is 42.0 Å². The number of benzene rings is 3. The van der Waals surface area contributed by atoms with Crippen LogP contribution < -0.4 is 15.7 Å². The average molecular weight is 389 g/mol. The Morgan fingerprint density at radius 1 is 0.966 bits per heavy atom. The molecule has 0 saturated heterocycles. The number of carbonyl (C=O) groups is 1. The van der Waals surface area contributed by atoms with Gasteiger partial charge in [0.1, 0.15) is 29.3 Å². The maximum Gasteiger partial charge on any atom is 0.349 e. The summed E-state index contributed by atoms with van der Waals surface area (Å²) >= 11 is 0. The van der Waals surface area contributed by atoms with Crippen LogP contribution in [0.4, 0.5) is 10.1 Å². The number of hydrogen-bond acceptors (Lipinski definition) is 4. The molecule has 0 saturated carbocycles. The van der Waals surface area contributed by atoms with Crippen molar-refractivity contribution in [3.63, 3.8) is 0 Å². The van der Waals surface area contributed by atoms with Gasteiger partial charge in [0.15, 0.2) is 0 Å². The minimum atomic E-state index is -0.702. The Morgan fingerprint density at radius 3 is 2.66 bits per heavy atom. The molecule has 0 unspecified atom stereocenters. The molecular formula is C23H16FNO4. The van der Waals surface area contributed by atoms with Crippen molar-refractivity contribution in [2.75, 3.05) is 5.32 Å². The average Bonchev–Trinajstić information content (AvgIpc) is 2.72. The molecule has 1 aromatic heterocycles. The van der Waals surface area contributed by atoms with Crippen molar-refractivity contribution in [2.24, 2.45) is 0 Å². The lowest BCUT2D eigenvalue weighted by atomic mass is 10.1. The van der Waals surface area contributed by atoms with Crippen molar-refractivity contribution in [3.05, 3.63) is 106 Å². The van der Waals surface area contributed by atoms with E-state index in [1.807, 2.05) is 6.07 Å². The van der Waals surface area contributed by atoms with Crippen LogP contribution in [-0.2, 0) is 6.61 Å². The molecule has 0 aliphatic heterocycles. The first kappa shape index (κ1) is 18.4. The van der Waals surface area contributed by atoms with Crippen molar-refractivity contribution in [2.45, 2.75) is 6.61 Å². The molecule has 3 aromatic carbocycles. The van der Waals surface area contributed by atoms with Crippen LogP contribution in [0.1, 0.15) is 15.9 Å². The summed E-state index contributed by atoms with van der Waals surface area (Å²) < 4.78 is 24.0. The Labute approximate surface area is 165 Å². The van der Waals surface area contributed by atoms with Crippen LogP contribution in [0, 0.1) is 5.82 Å². The van der Waals surface area contributed by atoms with Gasteiger partial charge >= 0.3 is 5.63 Å². The lowest BCUT2D eigenvalue weighted by Crippen LogP contribution is -2.20. The van der Waals surface area contributed by atoms with Gasteiger partial charge in [0.25, 0.3) is 5.91 Å². The van der Waals surface area contributed by atoms with Crippen molar-refractivity contribution in [1.82, 2.24) is 0 Å². The number of hydrogen-bond donors (Lipinski definition) is 1. The van der Waals surface area contributed by atoms with E-state index in [-0.39, 0.29) is 18.0 Å². The molecule has 5 nitrogen and oxygen atoms in total. The highest BCUT2D eigenvalue weighted by Gasteiger charge is 2.14. The number of ether oxygens (including phenoxy) is 1. The fraction of sp³-hybridized carbons (Fsp3) is 0.0435. The highest BCUT2D eigenvalue weighted by atomic mass is 19.1. The lowest BCUT2D eigenvalue weighted by molar-refractivity contribution is 0.102. The van der Waals surface area contributed by atoms with Gasteiger partial charge in [-0.15, -0.1) is 0 Å². The zero-order valence-corrected chi connectivity index (χ0v) is 15.2. The molecule has 4 rings (SSSR count). The Hall–Kier alpha value is -3.93. The van der Waals surface area contributed by atoms with Gasteiger partial charge in [-0.2, -0.15) is 0 Å². The summed E-state index contributed by atoms with van der Waals surface area (Å²) in [6.45, 7) is 0.200. The summed E-state index contributed by atoms with van der Waals surface area (Å²) in [5, 5.41) is 3.36. The smallest absolute Gasteiger partial charge is 0.349 e. The number of halogens is 1. The first-order valence-corrected chi connectivity index (χ1v) is 8.90. The number of amides is 1. The summed E-state index contributed by atoms with van der Waals surface area (Å²) in [4.78, 5) is 24.7. The van der Waals surface area contributed by atoms with Gasteiger partial charge in [-0.1, -0.05) is 36.4 Å². The summed E-state index contributed by atoms with van der Waals surface area (Å²) in [6, 6.07) is 21.3. The monoisotopic (exact) mass is 389 g/mol. The molecule has 0 spiro atoms. The molecule has 6 heteroatoms. The molecule has 1 N–H and O–H groups in total. The van der Waals surface area contributed by atoms with Gasteiger partial charge in [0.05, 0.1) is 0 Å². The van der Waals surface area contributed by atoms with Crippen molar-refractivity contribution < 1.29 is 18.3 Å². The maximum atomic E-state index is 13.2. The van der Waals surface area contributed by atoms with E-state index < -0.39 is 11.5 Å². The largest absolute Gasteiger partial charge is 0.489 e. The number of anilines is 1. The van der Waals surface area contributed by atoms with Crippen molar-refractivity contribution in [3.8, 4) is 5.75 Å². The molecule has 0 fully saturated rings. The summed E-state index contributed by atoms with van der Waals surface area (Å²) in [7, 11) is 0. The topological polar surface area (TPSA) is 68.5 Å². The van der Waals surface area contributed by atoms with Gasteiger partial charge in [-0.3, -0.25) is 4.79 Å². The normalized spacial score (nSPS) is 10.7. The van der Waals surface area contributed by atoms with Crippen LogP contribution in [0.5, 0.6) is 5.75 Å². The molecule has 1 amide bonds. The quantitative estimate of drug-likeness (QED) is 0.500. The molecule has 144 valence electrons. The fourth-order valence-electron chi connectivity index (χ4n) is 2.88. The highest BCUT2D eigenvalue weighted by molar-refractivity contribution is 6.05. The standard InChI is InChI=1S/C23H16FNO4/c24-17-7-4-9-19(13-17)28-14-15-5-3-8-18(11-15)25-22(26)20-12-16-6-1-2-10-21(16)29-23(20)27/h1-13H,14H2,(H,25,26). The van der Waals surface area contributed by atoms with Gasteiger partial charge in [-0.25, -0.2) is 9.18 Å². The summed E-state index contributed by atoms with van der Waals surface area (Å²) in [5.41, 5.74) is 0.919. The van der Waals surface area contributed by atoms with Gasteiger partial charge in [0, 0.05) is 17.1 Å². The maximum absolute atomic E-state index is 13.2. The second kappa shape index (κ2) is 7.98. The second-order valence-corrected chi connectivity index (χ2v) is 6.39. The molecule has 0 aliphatic carbocycles. The minimum absolute atomic E-state index is 0.0786. The number of para-hydroxylation sites is 1. The van der Waals surface area contributed by atoms with Crippen LogP contribution in [-0.4, -0.2) is 5.91 Å². The molecule has 29 heavy (non-hydrogen) atoms. The third-order valence-electron chi connectivity index (χ3n) is 4.27. The SMILES string of the molecule is O=C(Nc1cccc(COc2cccc(F)c2)c1)c1cc2ccccc2oc1=O. The predicted molar refractivity (Wildman–Crippen MR) is 108 cm³/mol. The fourth-order valence-corrected chi connectivity index (χ4v) is 2.88. The van der Waals surface area contributed by atoms with E-state index in [1.54, 1.807) is 54.6 Å². The van der Waals surface area contributed by atoms with E-state index >= 15 is 0 Å². The van der Waals surface area contributed by atoms with E-state index in [1.165, 1.54) is 18.2 Å². The zero-order valence-electron chi connectivity index (χ0n) is 15.2. The van der Waals surface area contributed by atoms with E-state index in [0.717, 1.165) is 5.56 Å². The van der Waals surface area contributed by atoms with Crippen LogP contribution in [0.3, 0.4) is 0 Å². The Kier molecular flexibility index (Phi) is 5.07. The van der Waals surface area contributed by atoms with Crippen molar-refractivity contribution in [1.29, 1.82) is 0 Å². The minimum Gasteiger partial charge on any atom is -0.489 e. The Balaban J connectivity index is 1.49. The van der Waals surface area contributed by atoms with Crippen molar-refractivity contribution >= 4 is 22.6 Å². The molecule has 0 radical (unpaired) electrons. The number of fused-ring (bicyclic) bond motifs is 1. The molecular weight excluding hydrogens is 373 g/mol. The predicted octanol–water partition coefficient (Wildman–Crippen LogP) is 4.76. The highest BCUT2D eigenvalue weighted by Crippen LogP contribution is 2.18. The molecule has 1 heterocycles. The molecule has 0 bridgehead atoms. The lowest BCUT2D eigenvalue weighted by Gasteiger charge is -2.09. The summed E-state index contributed by atoms with van der Waals surface area (Å²) in [6.07, 6.45) is 0. The molecule has 0 atom stereocenters. The van der Waals surface area contributed by atoms with Crippen LogP contribution >= 0.6 is 0 Å². The molecule has 0 aliphatic rings. The van der Waals surface area contributed by atoms with Crippen LogP contribution in [0.2, 0.25) is 0 Å². The van der Waals surface area contributed by atoms with Crippen LogP contribution in [0.15, 0.2) is 88.1 Å². The van der Waals surface area contributed by atoms with E-state index in [4.69, 9.17) is 9.15 Å². The van der Waals surface area contributed by atoms with E-state index in [9.17, 15) is 14.0 Å². The third kappa shape index (κ3) is 4.32. The zero-order chi connectivity index (χ0) is 20.2.